The molecule has 0 spiro atoms. The molecule has 3 atom stereocenters. The van der Waals surface area contributed by atoms with Crippen molar-refractivity contribution in [2.75, 3.05) is 11.4 Å². The van der Waals surface area contributed by atoms with Gasteiger partial charge in [-0.25, -0.2) is 9.78 Å². The second-order valence-electron chi connectivity index (χ2n) is 10.00. The maximum atomic E-state index is 12.9. The van der Waals surface area contributed by atoms with Crippen LogP contribution in [-0.2, 0) is 25.7 Å². The molecule has 1 amide bonds. The predicted molar refractivity (Wildman–Crippen MR) is 155 cm³/mol. The van der Waals surface area contributed by atoms with Gasteiger partial charge in [-0.15, -0.1) is 0 Å². The number of aliphatic carboxylic acids is 3. The molecule has 1 heterocycles. The summed E-state index contributed by atoms with van der Waals surface area (Å²) in [5, 5.41) is 30.6. The van der Waals surface area contributed by atoms with Crippen molar-refractivity contribution in [2.24, 2.45) is 11.7 Å². The fourth-order valence-corrected chi connectivity index (χ4v) is 4.55. The molecule has 0 saturated heterocycles. The summed E-state index contributed by atoms with van der Waals surface area (Å²) >= 11 is 0. The molecule has 228 valence electrons. The van der Waals surface area contributed by atoms with E-state index in [9.17, 15) is 39.0 Å². The number of rotatable bonds is 15. The van der Waals surface area contributed by atoms with E-state index in [4.69, 9.17) is 10.8 Å². The van der Waals surface area contributed by atoms with E-state index >= 15 is 0 Å². The number of carbonyl (C=O) groups excluding carboxylic acids is 2. The minimum absolute atomic E-state index is 0.0982. The number of anilines is 1. The summed E-state index contributed by atoms with van der Waals surface area (Å²) in [6.45, 7) is 4.68. The zero-order valence-corrected chi connectivity index (χ0v) is 23.6. The van der Waals surface area contributed by atoms with Crippen LogP contribution in [-0.4, -0.2) is 73.5 Å². The Morgan fingerprint density at radius 2 is 1.70 bits per heavy atom. The van der Waals surface area contributed by atoms with Gasteiger partial charge in [-0.3, -0.25) is 24.0 Å². The second kappa shape index (κ2) is 14.2. The smallest absolute Gasteiger partial charge is 0.326 e. The molecule has 0 aliphatic carbocycles. The average molecular weight is 596 g/mol. The standard InChI is InChI=1S/C29H33N5O9/c1-3-34(14-16-4-10-22-19(12-16)27(39)32-15(2)31-22)18-7-5-17(6-8-18)26(38)33-23(29(42)43)13-20(28(40)41)25(37)21(30)9-11-24(35)36/h4-8,10,12,20-21,23H,3,9,11,13-14,30H2,1-2H3,(H,33,38)(H,35,36)(H,40,41)(H,42,43)(H,31,32,39)/t20?,21-,23-/m1/s1. The molecule has 0 aliphatic rings. The van der Waals surface area contributed by atoms with Gasteiger partial charge in [-0.05, 0) is 68.7 Å². The van der Waals surface area contributed by atoms with E-state index < -0.39 is 60.4 Å². The molecule has 14 nitrogen and oxygen atoms in total. The number of amides is 1. The van der Waals surface area contributed by atoms with Gasteiger partial charge in [0.25, 0.3) is 11.5 Å². The fraction of sp³-hybridized carbons (Fsp3) is 0.345. The number of nitrogens with one attached hydrogen (secondary N) is 2. The molecule has 43 heavy (non-hydrogen) atoms. The van der Waals surface area contributed by atoms with Crippen LogP contribution in [0.25, 0.3) is 10.9 Å². The lowest BCUT2D eigenvalue weighted by molar-refractivity contribution is -0.148. The Labute approximate surface area is 245 Å². The number of hydrogen-bond donors (Lipinski definition) is 6. The van der Waals surface area contributed by atoms with Gasteiger partial charge in [0.15, 0.2) is 5.78 Å². The normalized spacial score (nSPS) is 13.1. The molecule has 0 saturated carbocycles. The number of carboxylic acid groups (broad SMARTS) is 3. The largest absolute Gasteiger partial charge is 0.481 e. The minimum atomic E-state index is -1.86. The lowest BCUT2D eigenvalue weighted by Crippen LogP contribution is -2.47. The number of ketones is 1. The quantitative estimate of drug-likeness (QED) is 0.136. The van der Waals surface area contributed by atoms with Crippen molar-refractivity contribution in [1.29, 1.82) is 0 Å². The molecular weight excluding hydrogens is 562 g/mol. The Bertz CT molecular complexity index is 1590. The number of aromatic amines is 1. The number of carboxylic acids is 3. The third kappa shape index (κ3) is 8.45. The van der Waals surface area contributed by atoms with Crippen LogP contribution in [0.15, 0.2) is 47.3 Å². The maximum Gasteiger partial charge on any atom is 0.326 e. The number of Topliss-reactive ketones (excluding diaryl/α,β-unsaturated/α-hetero) is 1. The molecule has 0 aliphatic heterocycles. The Balaban J connectivity index is 1.71. The van der Waals surface area contributed by atoms with Gasteiger partial charge in [0.1, 0.15) is 17.8 Å². The lowest BCUT2D eigenvalue weighted by atomic mass is 9.90. The molecule has 0 fully saturated rings. The number of fused-ring (bicyclic) bond motifs is 1. The highest BCUT2D eigenvalue weighted by Crippen LogP contribution is 2.20. The van der Waals surface area contributed by atoms with Gasteiger partial charge in [-0.1, -0.05) is 6.07 Å². The third-order valence-electron chi connectivity index (χ3n) is 6.89. The van der Waals surface area contributed by atoms with Crippen molar-refractivity contribution in [1.82, 2.24) is 15.3 Å². The number of benzene rings is 2. The number of nitrogens with two attached hydrogens (primary N) is 1. The molecule has 1 aromatic heterocycles. The molecule has 7 N–H and O–H groups in total. The first-order chi connectivity index (χ1) is 20.3. The van der Waals surface area contributed by atoms with Crippen LogP contribution in [0.5, 0.6) is 0 Å². The number of aromatic nitrogens is 2. The number of hydrogen-bond acceptors (Lipinski definition) is 9. The summed E-state index contributed by atoms with van der Waals surface area (Å²) in [7, 11) is 0. The first kappa shape index (κ1) is 32.4. The summed E-state index contributed by atoms with van der Waals surface area (Å²) in [4.78, 5) is 81.1. The van der Waals surface area contributed by atoms with Gasteiger partial charge in [0, 0.05) is 30.8 Å². The summed E-state index contributed by atoms with van der Waals surface area (Å²) in [5.41, 5.74) is 7.71. The Morgan fingerprint density at radius 3 is 2.28 bits per heavy atom. The van der Waals surface area contributed by atoms with E-state index in [-0.39, 0.29) is 17.5 Å². The zero-order valence-electron chi connectivity index (χ0n) is 23.6. The van der Waals surface area contributed by atoms with Crippen molar-refractivity contribution in [3.63, 3.8) is 0 Å². The Hall–Kier alpha value is -5.11. The number of nitrogens with zero attached hydrogens (tertiary/aromatic N) is 2. The van der Waals surface area contributed by atoms with Crippen molar-refractivity contribution in [3.8, 4) is 0 Å². The summed E-state index contributed by atoms with van der Waals surface area (Å²) < 4.78 is 0. The monoisotopic (exact) mass is 595 g/mol. The first-order valence-corrected chi connectivity index (χ1v) is 13.4. The van der Waals surface area contributed by atoms with E-state index in [1.807, 2.05) is 17.9 Å². The van der Waals surface area contributed by atoms with Crippen LogP contribution in [0.4, 0.5) is 5.69 Å². The fourth-order valence-electron chi connectivity index (χ4n) is 4.55. The highest BCUT2D eigenvalue weighted by atomic mass is 16.4. The van der Waals surface area contributed by atoms with E-state index in [0.29, 0.717) is 29.8 Å². The highest BCUT2D eigenvalue weighted by molar-refractivity contribution is 6.02. The number of aryl methyl sites for hydroxylation is 1. The molecular formula is C29H33N5O9. The van der Waals surface area contributed by atoms with Crippen molar-refractivity contribution in [3.05, 3.63) is 69.8 Å². The van der Waals surface area contributed by atoms with Gasteiger partial charge in [0.2, 0.25) is 0 Å². The lowest BCUT2D eigenvalue weighted by Gasteiger charge is -2.24. The maximum absolute atomic E-state index is 12.9. The zero-order chi connectivity index (χ0) is 31.8. The Kier molecular flexibility index (Phi) is 10.7. The molecule has 1 unspecified atom stereocenters. The van der Waals surface area contributed by atoms with E-state index in [1.165, 1.54) is 12.1 Å². The molecule has 0 bridgehead atoms. The van der Waals surface area contributed by atoms with Gasteiger partial charge in [0.05, 0.1) is 16.9 Å². The van der Waals surface area contributed by atoms with Crippen molar-refractivity contribution in [2.45, 2.75) is 51.7 Å². The van der Waals surface area contributed by atoms with Crippen LogP contribution in [0.2, 0.25) is 0 Å². The molecule has 3 aromatic rings. The molecule has 0 radical (unpaired) electrons. The molecule has 2 aromatic carbocycles. The van der Waals surface area contributed by atoms with Crippen LogP contribution in [0.3, 0.4) is 0 Å². The van der Waals surface area contributed by atoms with Gasteiger partial charge >= 0.3 is 17.9 Å². The summed E-state index contributed by atoms with van der Waals surface area (Å²) in [5.74, 6) is -7.59. The number of H-pyrrole nitrogens is 1. The van der Waals surface area contributed by atoms with E-state index in [1.54, 1.807) is 31.2 Å². The van der Waals surface area contributed by atoms with Crippen molar-refractivity contribution < 1.29 is 39.3 Å². The molecule has 14 heteroatoms. The van der Waals surface area contributed by atoms with Crippen molar-refractivity contribution >= 4 is 46.2 Å². The summed E-state index contributed by atoms with van der Waals surface area (Å²) in [6, 6.07) is 8.55. The van der Waals surface area contributed by atoms with Gasteiger partial charge < -0.3 is 36.3 Å². The SMILES string of the molecule is CCN(Cc1ccc2nc(C)[nH]c(=O)c2c1)c1ccc(C(=O)N[C@H](CC(C(=O)O)C(=O)[C@H](N)CCC(=O)O)C(=O)O)cc1. The number of carbonyl (C=O) groups is 5. The van der Waals surface area contributed by atoms with Gasteiger partial charge in [-0.2, -0.15) is 0 Å². The summed E-state index contributed by atoms with van der Waals surface area (Å²) in [6.07, 6.45) is -1.57. The van der Waals surface area contributed by atoms with Crippen LogP contribution < -0.4 is 21.5 Å². The Morgan fingerprint density at radius 1 is 1.02 bits per heavy atom. The van der Waals surface area contributed by atoms with E-state index in [2.05, 4.69) is 15.3 Å². The topological polar surface area (TPSA) is 233 Å². The highest BCUT2D eigenvalue weighted by Gasteiger charge is 2.36. The predicted octanol–water partition coefficient (Wildman–Crippen LogP) is 1.29. The van der Waals surface area contributed by atoms with Crippen LogP contribution >= 0.6 is 0 Å². The molecule has 3 rings (SSSR count). The van der Waals surface area contributed by atoms with E-state index in [0.717, 1.165) is 11.3 Å². The third-order valence-corrected chi connectivity index (χ3v) is 6.89. The first-order valence-electron chi connectivity index (χ1n) is 13.4. The second-order valence-corrected chi connectivity index (χ2v) is 10.00. The van der Waals surface area contributed by atoms with Crippen LogP contribution in [0.1, 0.15) is 47.9 Å². The average Bonchev–Trinajstić information content (AvgIpc) is 2.96. The van der Waals surface area contributed by atoms with Crippen LogP contribution in [0, 0.1) is 12.8 Å². The minimum Gasteiger partial charge on any atom is -0.481 e.